The molecule has 1 aromatic heterocycles. The molecule has 0 spiro atoms. The van der Waals surface area contributed by atoms with Crippen molar-refractivity contribution in [3.63, 3.8) is 0 Å². The first-order valence-corrected chi connectivity index (χ1v) is 7.01. The SMILES string of the molecule is COc1ccc(CCl)c(OCc2c(C)nn(C)c2Cl)c1. The average molecular weight is 315 g/mol. The number of ether oxygens (including phenoxy) is 2. The Morgan fingerprint density at radius 2 is 2.10 bits per heavy atom. The topological polar surface area (TPSA) is 36.3 Å². The summed E-state index contributed by atoms with van der Waals surface area (Å²) >= 11 is 12.1. The highest BCUT2D eigenvalue weighted by atomic mass is 35.5. The van der Waals surface area contributed by atoms with Crippen LogP contribution in [0.25, 0.3) is 0 Å². The van der Waals surface area contributed by atoms with Crippen molar-refractivity contribution in [3.05, 3.63) is 40.2 Å². The summed E-state index contributed by atoms with van der Waals surface area (Å²) in [7, 11) is 3.41. The van der Waals surface area contributed by atoms with E-state index in [2.05, 4.69) is 5.10 Å². The van der Waals surface area contributed by atoms with Gasteiger partial charge in [-0.15, -0.1) is 11.6 Å². The lowest BCUT2D eigenvalue weighted by Gasteiger charge is -2.11. The number of benzene rings is 1. The third-order valence-corrected chi connectivity index (χ3v) is 3.82. The quantitative estimate of drug-likeness (QED) is 0.789. The van der Waals surface area contributed by atoms with E-state index in [9.17, 15) is 0 Å². The maximum absolute atomic E-state index is 6.18. The minimum Gasteiger partial charge on any atom is -0.497 e. The van der Waals surface area contributed by atoms with E-state index in [1.165, 1.54) is 0 Å². The van der Waals surface area contributed by atoms with Gasteiger partial charge in [-0.2, -0.15) is 5.10 Å². The second-order valence-electron chi connectivity index (χ2n) is 4.37. The van der Waals surface area contributed by atoms with E-state index in [1.54, 1.807) is 18.8 Å². The first-order chi connectivity index (χ1) is 9.56. The Morgan fingerprint density at radius 3 is 2.65 bits per heavy atom. The standard InChI is InChI=1S/C14H16Cl2N2O2/c1-9-12(14(16)18(2)17-9)8-20-13-6-11(19-3)5-4-10(13)7-15/h4-6H,7-8H2,1-3H3. The molecule has 4 nitrogen and oxygen atoms in total. The van der Waals surface area contributed by atoms with Crippen molar-refractivity contribution in [1.82, 2.24) is 9.78 Å². The summed E-state index contributed by atoms with van der Waals surface area (Å²) in [5.41, 5.74) is 2.63. The summed E-state index contributed by atoms with van der Waals surface area (Å²) < 4.78 is 12.7. The lowest BCUT2D eigenvalue weighted by Crippen LogP contribution is -2.00. The maximum atomic E-state index is 6.18. The third kappa shape index (κ3) is 3.02. The van der Waals surface area contributed by atoms with Crippen LogP contribution in [0.1, 0.15) is 16.8 Å². The van der Waals surface area contributed by atoms with Gasteiger partial charge in [0.15, 0.2) is 0 Å². The number of aryl methyl sites for hydroxylation is 2. The largest absolute Gasteiger partial charge is 0.497 e. The van der Waals surface area contributed by atoms with Gasteiger partial charge >= 0.3 is 0 Å². The number of halogens is 2. The molecule has 0 aliphatic rings. The van der Waals surface area contributed by atoms with Crippen LogP contribution in [0, 0.1) is 6.92 Å². The number of alkyl halides is 1. The molecule has 0 amide bonds. The van der Waals surface area contributed by atoms with Crippen molar-refractivity contribution in [1.29, 1.82) is 0 Å². The molecule has 0 aliphatic carbocycles. The smallest absolute Gasteiger partial charge is 0.133 e. The minimum atomic E-state index is 0.343. The molecule has 0 bridgehead atoms. The highest BCUT2D eigenvalue weighted by Gasteiger charge is 2.13. The molecule has 108 valence electrons. The van der Waals surface area contributed by atoms with E-state index >= 15 is 0 Å². The number of hydrogen-bond acceptors (Lipinski definition) is 3. The van der Waals surface area contributed by atoms with Gasteiger partial charge in [0.25, 0.3) is 0 Å². The maximum Gasteiger partial charge on any atom is 0.133 e. The van der Waals surface area contributed by atoms with Gasteiger partial charge < -0.3 is 9.47 Å². The Morgan fingerprint density at radius 1 is 1.35 bits per heavy atom. The van der Waals surface area contributed by atoms with Crippen molar-refractivity contribution in [2.75, 3.05) is 7.11 Å². The fraction of sp³-hybridized carbons (Fsp3) is 0.357. The Labute approximate surface area is 128 Å². The molecule has 0 saturated heterocycles. The highest BCUT2D eigenvalue weighted by Crippen LogP contribution is 2.28. The predicted molar refractivity (Wildman–Crippen MR) is 79.8 cm³/mol. The van der Waals surface area contributed by atoms with Crippen LogP contribution in [0.15, 0.2) is 18.2 Å². The molecule has 6 heteroatoms. The van der Waals surface area contributed by atoms with Crippen LogP contribution >= 0.6 is 23.2 Å². The van der Waals surface area contributed by atoms with Crippen LogP contribution in [-0.4, -0.2) is 16.9 Å². The van der Waals surface area contributed by atoms with E-state index < -0.39 is 0 Å². The molecule has 20 heavy (non-hydrogen) atoms. The van der Waals surface area contributed by atoms with Gasteiger partial charge in [-0.3, -0.25) is 4.68 Å². The number of methoxy groups -OCH3 is 1. The second kappa shape index (κ2) is 6.37. The molecular formula is C14H16Cl2N2O2. The van der Waals surface area contributed by atoms with Crippen molar-refractivity contribution in [2.24, 2.45) is 7.05 Å². The van der Waals surface area contributed by atoms with Crippen molar-refractivity contribution in [3.8, 4) is 11.5 Å². The Balaban J connectivity index is 2.21. The van der Waals surface area contributed by atoms with Crippen LogP contribution in [-0.2, 0) is 19.5 Å². The first kappa shape index (κ1) is 15.0. The van der Waals surface area contributed by atoms with Crippen LogP contribution in [0.3, 0.4) is 0 Å². The molecule has 0 unspecified atom stereocenters. The van der Waals surface area contributed by atoms with Crippen LogP contribution in [0.5, 0.6) is 11.5 Å². The van der Waals surface area contributed by atoms with E-state index in [-0.39, 0.29) is 0 Å². The van der Waals surface area contributed by atoms with Gasteiger partial charge in [-0.05, 0) is 13.0 Å². The fourth-order valence-corrected chi connectivity index (χ4v) is 2.34. The Hall–Kier alpha value is -1.39. The number of rotatable bonds is 5. The van der Waals surface area contributed by atoms with Crippen molar-refractivity contribution < 1.29 is 9.47 Å². The monoisotopic (exact) mass is 314 g/mol. The summed E-state index contributed by atoms with van der Waals surface area (Å²) in [6, 6.07) is 5.56. The summed E-state index contributed by atoms with van der Waals surface area (Å²) in [5.74, 6) is 1.79. The molecule has 0 aliphatic heterocycles. The fourth-order valence-electron chi connectivity index (χ4n) is 1.89. The number of hydrogen-bond donors (Lipinski definition) is 0. The predicted octanol–water partition coefficient (Wildman–Crippen LogP) is 3.71. The van der Waals surface area contributed by atoms with E-state index in [1.807, 2.05) is 25.1 Å². The molecular weight excluding hydrogens is 299 g/mol. The normalized spacial score (nSPS) is 10.7. The first-order valence-electron chi connectivity index (χ1n) is 6.10. The zero-order valence-electron chi connectivity index (χ0n) is 11.6. The van der Waals surface area contributed by atoms with Gasteiger partial charge in [0.05, 0.1) is 18.7 Å². The number of aromatic nitrogens is 2. The second-order valence-corrected chi connectivity index (χ2v) is 5.00. The van der Waals surface area contributed by atoms with Crippen LogP contribution in [0.4, 0.5) is 0 Å². The van der Waals surface area contributed by atoms with Gasteiger partial charge in [-0.25, -0.2) is 0 Å². The molecule has 1 aromatic carbocycles. The lowest BCUT2D eigenvalue weighted by atomic mass is 10.2. The molecule has 0 fully saturated rings. The van der Waals surface area contributed by atoms with E-state index in [0.717, 1.165) is 22.6 Å². The molecule has 0 saturated carbocycles. The van der Waals surface area contributed by atoms with Crippen LogP contribution < -0.4 is 9.47 Å². The summed E-state index contributed by atoms with van der Waals surface area (Å²) in [5, 5.41) is 4.83. The number of nitrogens with zero attached hydrogens (tertiary/aromatic N) is 2. The van der Waals surface area contributed by atoms with Crippen molar-refractivity contribution in [2.45, 2.75) is 19.4 Å². The Bertz CT molecular complexity index is 611. The lowest BCUT2D eigenvalue weighted by molar-refractivity contribution is 0.300. The summed E-state index contributed by atoms with van der Waals surface area (Å²) in [6.45, 7) is 2.24. The van der Waals surface area contributed by atoms with Crippen LogP contribution in [0.2, 0.25) is 5.15 Å². The molecule has 0 radical (unpaired) electrons. The zero-order valence-corrected chi connectivity index (χ0v) is 13.1. The van der Waals surface area contributed by atoms with Gasteiger partial charge in [0, 0.05) is 24.2 Å². The minimum absolute atomic E-state index is 0.343. The van der Waals surface area contributed by atoms with E-state index in [0.29, 0.717) is 23.4 Å². The zero-order chi connectivity index (χ0) is 14.7. The average Bonchev–Trinajstić information content (AvgIpc) is 2.70. The van der Waals surface area contributed by atoms with Gasteiger partial charge in [-0.1, -0.05) is 17.7 Å². The molecule has 2 rings (SSSR count). The molecule has 0 N–H and O–H groups in total. The van der Waals surface area contributed by atoms with Crippen molar-refractivity contribution >= 4 is 23.2 Å². The molecule has 1 heterocycles. The summed E-state index contributed by atoms with van der Waals surface area (Å²) in [4.78, 5) is 0. The van der Waals surface area contributed by atoms with Gasteiger partial charge in [0.1, 0.15) is 23.3 Å². The molecule has 2 aromatic rings. The molecule has 0 atom stereocenters. The van der Waals surface area contributed by atoms with Gasteiger partial charge in [0.2, 0.25) is 0 Å². The van der Waals surface area contributed by atoms with E-state index in [4.69, 9.17) is 32.7 Å². The summed E-state index contributed by atoms with van der Waals surface area (Å²) in [6.07, 6.45) is 0. The highest BCUT2D eigenvalue weighted by molar-refractivity contribution is 6.30. The third-order valence-electron chi connectivity index (χ3n) is 3.06. The Kier molecular flexibility index (Phi) is 4.78.